The molecule has 0 unspecified atom stereocenters. The predicted octanol–water partition coefficient (Wildman–Crippen LogP) is 3.54. The quantitative estimate of drug-likeness (QED) is 0.790. The van der Waals surface area contributed by atoms with Crippen molar-refractivity contribution in [2.75, 3.05) is 18.4 Å². The van der Waals surface area contributed by atoms with Crippen molar-refractivity contribution in [2.45, 2.75) is 57.0 Å². The third kappa shape index (κ3) is 4.49. The molecule has 2 atom stereocenters. The van der Waals surface area contributed by atoms with Gasteiger partial charge in [0.15, 0.2) is 9.84 Å². The molecule has 1 aromatic carbocycles. The number of amides is 1. The minimum absolute atomic E-state index is 0. The number of fused-ring (bicyclic) bond motifs is 1. The number of carbonyl (C=O) groups is 1. The molecule has 2 N–H and O–H groups in total. The highest BCUT2D eigenvalue weighted by atomic mass is 35.5. The second kappa shape index (κ2) is 8.10. The normalized spacial score (nSPS) is 25.4. The summed E-state index contributed by atoms with van der Waals surface area (Å²) in [5.74, 6) is 0.457. The fraction of sp³-hybridized carbons (Fsp3) is 0.650. The van der Waals surface area contributed by atoms with Crippen molar-refractivity contribution in [1.82, 2.24) is 5.32 Å². The van der Waals surface area contributed by atoms with Gasteiger partial charge in [-0.15, -0.1) is 12.4 Å². The van der Waals surface area contributed by atoms with Crippen LogP contribution >= 0.6 is 12.4 Å². The van der Waals surface area contributed by atoms with E-state index in [4.69, 9.17) is 0 Å². The maximum Gasteiger partial charge on any atom is 0.232 e. The number of halogens is 1. The van der Waals surface area contributed by atoms with Crippen molar-refractivity contribution in [3.63, 3.8) is 0 Å². The second-order valence-electron chi connectivity index (χ2n) is 8.76. The Morgan fingerprint density at radius 3 is 2.74 bits per heavy atom. The van der Waals surface area contributed by atoms with E-state index in [1.807, 2.05) is 12.1 Å². The SMILES string of the molecule is CC(C)(C)S(=O)(=O)Cc1cccc(NC(=O)[C@@]23CCCC[C@H]2CNC3)c1.Cl. The molecule has 1 amide bonds. The molecular weight excluding hydrogens is 384 g/mol. The zero-order chi connectivity index (χ0) is 19.0. The second-order valence-corrected chi connectivity index (χ2v) is 11.5. The van der Waals surface area contributed by atoms with Gasteiger partial charge in [-0.25, -0.2) is 8.42 Å². The standard InChI is InChI=1S/C20H30N2O3S.ClH/c1-19(2,3)26(24,25)13-15-7-6-9-17(11-15)22-18(23)20-10-5-4-8-16(20)12-21-14-20;/h6-7,9,11,16,21H,4-5,8,10,12-14H2,1-3H3,(H,22,23);1H/t16-,20+;/m0./s1. The molecule has 27 heavy (non-hydrogen) atoms. The summed E-state index contributed by atoms with van der Waals surface area (Å²) in [6.07, 6.45) is 4.32. The van der Waals surface area contributed by atoms with Gasteiger partial charge in [-0.3, -0.25) is 4.79 Å². The van der Waals surface area contributed by atoms with Crippen LogP contribution in [0.2, 0.25) is 0 Å². The number of hydrogen-bond donors (Lipinski definition) is 2. The number of rotatable bonds is 4. The molecule has 3 rings (SSSR count). The Labute approximate surface area is 169 Å². The van der Waals surface area contributed by atoms with Crippen LogP contribution in [-0.4, -0.2) is 32.2 Å². The van der Waals surface area contributed by atoms with Crippen molar-refractivity contribution < 1.29 is 13.2 Å². The summed E-state index contributed by atoms with van der Waals surface area (Å²) < 4.78 is 24.1. The van der Waals surface area contributed by atoms with Gasteiger partial charge in [0.05, 0.1) is 15.9 Å². The largest absolute Gasteiger partial charge is 0.326 e. The minimum Gasteiger partial charge on any atom is -0.326 e. The van der Waals surface area contributed by atoms with Crippen LogP contribution in [0.3, 0.4) is 0 Å². The van der Waals surface area contributed by atoms with Crippen LogP contribution in [0.5, 0.6) is 0 Å². The molecule has 152 valence electrons. The summed E-state index contributed by atoms with van der Waals surface area (Å²) in [4.78, 5) is 13.1. The first-order chi connectivity index (χ1) is 12.1. The fourth-order valence-corrected chi connectivity index (χ4v) is 5.17. The highest BCUT2D eigenvalue weighted by molar-refractivity contribution is 7.91. The van der Waals surface area contributed by atoms with Crippen LogP contribution < -0.4 is 10.6 Å². The number of hydrogen-bond acceptors (Lipinski definition) is 4. The van der Waals surface area contributed by atoms with Gasteiger partial charge in [0.25, 0.3) is 0 Å². The van der Waals surface area contributed by atoms with Crippen LogP contribution in [-0.2, 0) is 20.4 Å². The molecule has 1 heterocycles. The van der Waals surface area contributed by atoms with Gasteiger partial charge in [0.1, 0.15) is 0 Å². The lowest BCUT2D eigenvalue weighted by Crippen LogP contribution is -2.44. The van der Waals surface area contributed by atoms with Crippen molar-refractivity contribution in [3.8, 4) is 0 Å². The van der Waals surface area contributed by atoms with E-state index in [0.29, 0.717) is 17.2 Å². The predicted molar refractivity (Wildman–Crippen MR) is 112 cm³/mol. The molecule has 2 fully saturated rings. The third-order valence-corrected chi connectivity index (χ3v) is 8.54. The zero-order valence-corrected chi connectivity index (χ0v) is 18.0. The Morgan fingerprint density at radius 1 is 1.30 bits per heavy atom. The maximum atomic E-state index is 13.1. The van der Waals surface area contributed by atoms with E-state index in [1.54, 1.807) is 32.9 Å². The molecular formula is C20H31ClN2O3S. The van der Waals surface area contributed by atoms with E-state index in [-0.39, 0.29) is 29.5 Å². The van der Waals surface area contributed by atoms with Crippen LogP contribution in [0.25, 0.3) is 0 Å². The Balaban J connectivity index is 0.00000261. The molecule has 1 aliphatic heterocycles. The first-order valence-electron chi connectivity index (χ1n) is 9.47. The Bertz CT molecular complexity index is 789. The van der Waals surface area contributed by atoms with E-state index < -0.39 is 14.6 Å². The van der Waals surface area contributed by atoms with Gasteiger partial charge in [-0.1, -0.05) is 25.0 Å². The Kier molecular flexibility index (Phi) is 6.65. The molecule has 0 aromatic heterocycles. The van der Waals surface area contributed by atoms with Gasteiger partial charge in [-0.05, 0) is 63.8 Å². The lowest BCUT2D eigenvalue weighted by Gasteiger charge is -2.37. The number of carbonyl (C=O) groups excluding carboxylic acids is 1. The van der Waals surface area contributed by atoms with Crippen molar-refractivity contribution >= 4 is 33.8 Å². The molecule has 1 aromatic rings. The molecule has 5 nitrogen and oxygen atoms in total. The first kappa shape index (κ1) is 22.2. The van der Waals surface area contributed by atoms with Crippen LogP contribution in [0.15, 0.2) is 24.3 Å². The van der Waals surface area contributed by atoms with Crippen molar-refractivity contribution in [1.29, 1.82) is 0 Å². The number of anilines is 1. The summed E-state index contributed by atoms with van der Waals surface area (Å²) in [5, 5.41) is 6.46. The van der Waals surface area contributed by atoms with E-state index in [0.717, 1.165) is 32.4 Å². The molecule has 0 spiro atoms. The molecule has 7 heteroatoms. The smallest absolute Gasteiger partial charge is 0.232 e. The third-order valence-electron chi connectivity index (χ3n) is 5.96. The summed E-state index contributed by atoms with van der Waals surface area (Å²) in [6, 6.07) is 7.24. The van der Waals surface area contributed by atoms with E-state index in [1.165, 1.54) is 6.42 Å². The zero-order valence-electron chi connectivity index (χ0n) is 16.4. The van der Waals surface area contributed by atoms with Gasteiger partial charge in [0.2, 0.25) is 5.91 Å². The van der Waals surface area contributed by atoms with Crippen LogP contribution in [0.1, 0.15) is 52.0 Å². The molecule has 0 radical (unpaired) electrons. The molecule has 1 saturated heterocycles. The average Bonchev–Trinajstić information content (AvgIpc) is 2.99. The number of nitrogens with one attached hydrogen (secondary N) is 2. The van der Waals surface area contributed by atoms with Gasteiger partial charge in [0, 0.05) is 12.2 Å². The van der Waals surface area contributed by atoms with Gasteiger partial charge >= 0.3 is 0 Å². The monoisotopic (exact) mass is 414 g/mol. The lowest BCUT2D eigenvalue weighted by atomic mass is 9.67. The maximum absolute atomic E-state index is 13.1. The Morgan fingerprint density at radius 2 is 2.04 bits per heavy atom. The summed E-state index contributed by atoms with van der Waals surface area (Å²) in [6.45, 7) is 6.79. The summed E-state index contributed by atoms with van der Waals surface area (Å²) in [7, 11) is -3.25. The van der Waals surface area contributed by atoms with Crippen LogP contribution in [0.4, 0.5) is 5.69 Å². The average molecular weight is 415 g/mol. The van der Waals surface area contributed by atoms with Gasteiger partial charge < -0.3 is 10.6 Å². The van der Waals surface area contributed by atoms with E-state index in [2.05, 4.69) is 10.6 Å². The molecule has 0 bridgehead atoms. The summed E-state index contributed by atoms with van der Waals surface area (Å²) >= 11 is 0. The topological polar surface area (TPSA) is 75.3 Å². The highest BCUT2D eigenvalue weighted by Gasteiger charge is 2.49. The number of benzene rings is 1. The van der Waals surface area contributed by atoms with E-state index >= 15 is 0 Å². The van der Waals surface area contributed by atoms with Crippen LogP contribution in [0, 0.1) is 11.3 Å². The minimum atomic E-state index is -3.25. The van der Waals surface area contributed by atoms with Gasteiger partial charge in [-0.2, -0.15) is 0 Å². The highest BCUT2D eigenvalue weighted by Crippen LogP contribution is 2.44. The first-order valence-corrected chi connectivity index (χ1v) is 11.1. The van der Waals surface area contributed by atoms with E-state index in [9.17, 15) is 13.2 Å². The molecule has 2 aliphatic rings. The fourth-order valence-electron chi connectivity index (χ4n) is 4.12. The lowest BCUT2D eigenvalue weighted by molar-refractivity contribution is -0.128. The Hall–Kier alpha value is -1.11. The number of sulfone groups is 1. The van der Waals surface area contributed by atoms with Crippen molar-refractivity contribution in [2.24, 2.45) is 11.3 Å². The van der Waals surface area contributed by atoms with Crippen molar-refractivity contribution in [3.05, 3.63) is 29.8 Å². The molecule has 1 saturated carbocycles. The molecule has 1 aliphatic carbocycles. The summed E-state index contributed by atoms with van der Waals surface area (Å²) in [5.41, 5.74) is 1.08.